The van der Waals surface area contributed by atoms with Crippen molar-refractivity contribution in [2.75, 3.05) is 26.2 Å². The minimum Gasteiger partial charge on any atom is -0.392 e. The number of rotatable bonds is 7. The lowest BCUT2D eigenvalue weighted by Crippen LogP contribution is -2.39. The molecule has 0 saturated carbocycles. The Labute approximate surface area is 132 Å². The summed E-state index contributed by atoms with van der Waals surface area (Å²) in [6.45, 7) is 6.64. The van der Waals surface area contributed by atoms with Gasteiger partial charge in [0.25, 0.3) is 10.0 Å². The van der Waals surface area contributed by atoms with Gasteiger partial charge < -0.3 is 10.0 Å². The van der Waals surface area contributed by atoms with Crippen LogP contribution < -0.4 is 4.72 Å². The number of aliphatic hydroxyl groups is 1. The molecule has 0 aliphatic carbocycles. The highest BCUT2D eigenvalue weighted by molar-refractivity contribution is 7.89. The smallest absolute Gasteiger partial charge is 0.257 e. The number of nitrogens with zero attached hydrogens (tertiary/aromatic N) is 3. The molecule has 0 bridgehead atoms. The molecule has 1 atom stereocenters. The molecule has 8 heteroatoms. The van der Waals surface area contributed by atoms with Crippen LogP contribution in [0.2, 0.25) is 0 Å². The zero-order valence-corrected chi connectivity index (χ0v) is 14.1. The van der Waals surface area contributed by atoms with E-state index >= 15 is 0 Å². The highest BCUT2D eigenvalue weighted by atomic mass is 32.2. The molecule has 0 amide bonds. The van der Waals surface area contributed by atoms with E-state index in [1.807, 2.05) is 13.8 Å². The number of nitrogens with one attached hydrogen (secondary N) is 1. The van der Waals surface area contributed by atoms with Gasteiger partial charge in [0, 0.05) is 19.1 Å². The Bertz CT molecular complexity index is 570. The summed E-state index contributed by atoms with van der Waals surface area (Å²) in [5.74, 6) is 0. The summed E-state index contributed by atoms with van der Waals surface area (Å²) in [5, 5.41) is 13.9. The van der Waals surface area contributed by atoms with Crippen LogP contribution in [0.4, 0.5) is 0 Å². The number of hydrogen-bond acceptors (Lipinski definition) is 5. The first-order valence-electron chi connectivity index (χ1n) is 7.84. The van der Waals surface area contributed by atoms with Crippen molar-refractivity contribution >= 4 is 10.0 Å². The van der Waals surface area contributed by atoms with E-state index in [1.165, 1.54) is 16.9 Å². The van der Waals surface area contributed by atoms with Gasteiger partial charge in [-0.25, -0.2) is 13.1 Å². The quantitative estimate of drug-likeness (QED) is 0.715. The summed E-state index contributed by atoms with van der Waals surface area (Å²) in [7, 11) is -3.52. The number of sulfonamides is 1. The van der Waals surface area contributed by atoms with Crippen LogP contribution in [0.25, 0.3) is 0 Å². The minimum atomic E-state index is -3.52. The molecule has 1 saturated heterocycles. The highest BCUT2D eigenvalue weighted by Gasteiger charge is 2.21. The molecule has 0 aromatic carbocycles. The van der Waals surface area contributed by atoms with Gasteiger partial charge in [-0.2, -0.15) is 5.10 Å². The van der Waals surface area contributed by atoms with Crippen LogP contribution in [0.5, 0.6) is 0 Å². The second-order valence-corrected chi connectivity index (χ2v) is 7.77. The van der Waals surface area contributed by atoms with Gasteiger partial charge in [-0.3, -0.25) is 4.68 Å². The lowest BCUT2D eigenvalue weighted by Gasteiger charge is -2.29. The Morgan fingerprint density at radius 3 is 2.95 bits per heavy atom. The topological polar surface area (TPSA) is 87.5 Å². The Kier molecular flexibility index (Phi) is 5.96. The average molecular weight is 330 g/mol. The monoisotopic (exact) mass is 330 g/mol. The van der Waals surface area contributed by atoms with E-state index in [4.69, 9.17) is 0 Å². The van der Waals surface area contributed by atoms with Crippen molar-refractivity contribution in [3.05, 3.63) is 12.3 Å². The zero-order valence-electron chi connectivity index (χ0n) is 13.3. The fourth-order valence-corrected chi connectivity index (χ4v) is 4.03. The normalized spacial score (nSPS) is 20.6. The predicted octanol–water partition coefficient (Wildman–Crippen LogP) is 0.589. The SMILES string of the molecule is CC(C)n1nccc1S(=O)(=O)NCCCN1CCCC(O)C1. The van der Waals surface area contributed by atoms with Crippen molar-refractivity contribution in [2.45, 2.75) is 50.3 Å². The molecule has 0 spiro atoms. The maximum absolute atomic E-state index is 12.3. The first kappa shape index (κ1) is 17.4. The van der Waals surface area contributed by atoms with Crippen LogP contribution in [0.15, 0.2) is 17.3 Å². The Balaban J connectivity index is 1.81. The third-order valence-electron chi connectivity index (χ3n) is 3.82. The summed E-state index contributed by atoms with van der Waals surface area (Å²) in [4.78, 5) is 2.18. The fourth-order valence-electron chi connectivity index (χ4n) is 2.72. The molecule has 1 aliphatic rings. The molecule has 2 rings (SSSR count). The number of aromatic nitrogens is 2. The minimum absolute atomic E-state index is 0.00332. The molecule has 22 heavy (non-hydrogen) atoms. The average Bonchev–Trinajstić information content (AvgIpc) is 2.94. The molecule has 0 radical (unpaired) electrons. The number of hydrogen-bond donors (Lipinski definition) is 2. The Hall–Kier alpha value is -0.960. The number of likely N-dealkylation sites (tertiary alicyclic amines) is 1. The summed E-state index contributed by atoms with van der Waals surface area (Å²) < 4.78 is 28.7. The molecule has 1 aromatic heterocycles. The zero-order chi connectivity index (χ0) is 16.2. The van der Waals surface area contributed by atoms with Gasteiger partial charge in [0.1, 0.15) is 0 Å². The van der Waals surface area contributed by atoms with Crippen LogP contribution in [-0.4, -0.2) is 60.5 Å². The van der Waals surface area contributed by atoms with Crippen LogP contribution in [0.3, 0.4) is 0 Å². The first-order valence-corrected chi connectivity index (χ1v) is 9.32. The van der Waals surface area contributed by atoms with Crippen molar-refractivity contribution in [2.24, 2.45) is 0 Å². The van der Waals surface area contributed by atoms with Crippen molar-refractivity contribution in [1.29, 1.82) is 0 Å². The molecule has 7 nitrogen and oxygen atoms in total. The summed E-state index contributed by atoms with van der Waals surface area (Å²) in [5.41, 5.74) is 0. The molecule has 2 N–H and O–H groups in total. The van der Waals surface area contributed by atoms with E-state index in [-0.39, 0.29) is 17.2 Å². The van der Waals surface area contributed by atoms with Gasteiger partial charge >= 0.3 is 0 Å². The maximum Gasteiger partial charge on any atom is 0.257 e. The predicted molar refractivity (Wildman–Crippen MR) is 84.1 cm³/mol. The fraction of sp³-hybridized carbons (Fsp3) is 0.786. The lowest BCUT2D eigenvalue weighted by atomic mass is 10.1. The summed E-state index contributed by atoms with van der Waals surface area (Å²) in [6, 6.07) is 1.51. The molecule has 1 aromatic rings. The lowest BCUT2D eigenvalue weighted by molar-refractivity contribution is 0.0704. The largest absolute Gasteiger partial charge is 0.392 e. The van der Waals surface area contributed by atoms with Crippen LogP contribution in [0, 0.1) is 0 Å². The molecular weight excluding hydrogens is 304 g/mol. The van der Waals surface area contributed by atoms with E-state index in [1.54, 1.807) is 0 Å². The van der Waals surface area contributed by atoms with Gasteiger partial charge in [-0.15, -0.1) is 0 Å². The molecule has 1 unspecified atom stereocenters. The molecule has 1 fully saturated rings. The van der Waals surface area contributed by atoms with Crippen LogP contribution >= 0.6 is 0 Å². The molecular formula is C14H26N4O3S. The Morgan fingerprint density at radius 1 is 1.50 bits per heavy atom. The van der Waals surface area contributed by atoms with E-state index in [0.717, 1.165) is 32.4 Å². The second kappa shape index (κ2) is 7.54. The van der Waals surface area contributed by atoms with Gasteiger partial charge in [-0.05, 0) is 52.3 Å². The number of aliphatic hydroxyl groups excluding tert-OH is 1. The Morgan fingerprint density at radius 2 is 2.27 bits per heavy atom. The highest BCUT2D eigenvalue weighted by Crippen LogP contribution is 2.14. The van der Waals surface area contributed by atoms with Crippen LogP contribution in [-0.2, 0) is 10.0 Å². The van der Waals surface area contributed by atoms with Gasteiger partial charge in [0.15, 0.2) is 5.03 Å². The number of β-amino-alcohol motifs (C(OH)–C–C–N with tert-alkyl or cyclic N) is 1. The van der Waals surface area contributed by atoms with Crippen molar-refractivity contribution in [3.63, 3.8) is 0 Å². The third kappa shape index (κ3) is 4.52. The van der Waals surface area contributed by atoms with Gasteiger partial charge in [-0.1, -0.05) is 0 Å². The maximum atomic E-state index is 12.3. The van der Waals surface area contributed by atoms with Crippen molar-refractivity contribution in [1.82, 2.24) is 19.4 Å². The summed E-state index contributed by atoms with van der Waals surface area (Å²) in [6.07, 6.45) is 3.85. The van der Waals surface area contributed by atoms with Crippen molar-refractivity contribution in [3.8, 4) is 0 Å². The third-order valence-corrected chi connectivity index (χ3v) is 5.28. The first-order chi connectivity index (χ1) is 10.4. The van der Waals surface area contributed by atoms with E-state index < -0.39 is 10.0 Å². The second-order valence-electron chi connectivity index (χ2n) is 6.06. The van der Waals surface area contributed by atoms with Gasteiger partial charge in [0.05, 0.1) is 12.3 Å². The number of piperidine rings is 1. The molecule has 1 aliphatic heterocycles. The molecule has 2 heterocycles. The van der Waals surface area contributed by atoms with E-state index in [9.17, 15) is 13.5 Å². The standard InChI is InChI=1S/C14H26N4O3S/c1-12(2)18-14(6-8-15-18)22(20,21)16-7-4-10-17-9-3-5-13(19)11-17/h6,8,12-13,16,19H,3-5,7,9-11H2,1-2H3. The summed E-state index contributed by atoms with van der Waals surface area (Å²) >= 11 is 0. The van der Waals surface area contributed by atoms with Gasteiger partial charge in [0.2, 0.25) is 0 Å². The van der Waals surface area contributed by atoms with E-state index in [0.29, 0.717) is 13.1 Å². The molecule has 126 valence electrons. The van der Waals surface area contributed by atoms with Crippen LogP contribution in [0.1, 0.15) is 39.2 Å². The van der Waals surface area contributed by atoms with E-state index in [2.05, 4.69) is 14.7 Å². The van der Waals surface area contributed by atoms with Crippen molar-refractivity contribution < 1.29 is 13.5 Å².